The molecule has 0 saturated carbocycles. The van der Waals surface area contributed by atoms with Crippen LogP contribution in [0.25, 0.3) is 11.0 Å². The van der Waals surface area contributed by atoms with Crippen molar-refractivity contribution in [1.82, 2.24) is 15.0 Å². The fourth-order valence-electron chi connectivity index (χ4n) is 2.60. The molecular weight excluding hydrogens is 324 g/mol. The SMILES string of the molecule is CCn1c(C)nc2cc(C(=O)NN=Cc3ccccc3Cl)ccc21. The Labute approximate surface area is 145 Å². The molecule has 5 nitrogen and oxygen atoms in total. The third-order valence-corrected chi connectivity index (χ3v) is 4.14. The van der Waals surface area contributed by atoms with E-state index >= 15 is 0 Å². The van der Waals surface area contributed by atoms with Gasteiger partial charge in [-0.05, 0) is 38.1 Å². The van der Waals surface area contributed by atoms with E-state index in [1.165, 1.54) is 6.21 Å². The van der Waals surface area contributed by atoms with E-state index in [1.807, 2.05) is 31.2 Å². The number of carbonyl (C=O) groups is 1. The maximum atomic E-state index is 12.2. The zero-order valence-electron chi connectivity index (χ0n) is 13.5. The molecule has 0 aliphatic rings. The number of halogens is 1. The highest BCUT2D eigenvalue weighted by Crippen LogP contribution is 2.18. The van der Waals surface area contributed by atoms with Crippen LogP contribution in [0.5, 0.6) is 0 Å². The number of hydrazone groups is 1. The van der Waals surface area contributed by atoms with Gasteiger partial charge in [-0.15, -0.1) is 0 Å². The quantitative estimate of drug-likeness (QED) is 0.580. The molecule has 1 amide bonds. The van der Waals surface area contributed by atoms with Gasteiger partial charge in [0.05, 0.1) is 17.2 Å². The number of nitrogens with zero attached hydrogens (tertiary/aromatic N) is 3. The van der Waals surface area contributed by atoms with Gasteiger partial charge in [0, 0.05) is 22.7 Å². The van der Waals surface area contributed by atoms with E-state index in [2.05, 4.69) is 27.0 Å². The van der Waals surface area contributed by atoms with Gasteiger partial charge in [0.2, 0.25) is 0 Å². The highest BCUT2D eigenvalue weighted by molar-refractivity contribution is 6.33. The number of aromatic nitrogens is 2. The summed E-state index contributed by atoms with van der Waals surface area (Å²) in [5.74, 6) is 0.644. The predicted molar refractivity (Wildman–Crippen MR) is 96.7 cm³/mol. The Morgan fingerprint density at radius 2 is 2.12 bits per heavy atom. The zero-order chi connectivity index (χ0) is 17.1. The minimum Gasteiger partial charge on any atom is -0.329 e. The monoisotopic (exact) mass is 340 g/mol. The molecular formula is C18H17ClN4O. The van der Waals surface area contributed by atoms with Crippen molar-refractivity contribution in [2.75, 3.05) is 0 Å². The van der Waals surface area contributed by atoms with E-state index in [9.17, 15) is 4.79 Å². The molecule has 3 aromatic rings. The van der Waals surface area contributed by atoms with E-state index < -0.39 is 0 Å². The van der Waals surface area contributed by atoms with Gasteiger partial charge in [-0.3, -0.25) is 4.79 Å². The van der Waals surface area contributed by atoms with Crippen LogP contribution < -0.4 is 5.43 Å². The minimum atomic E-state index is -0.288. The molecule has 0 fully saturated rings. The van der Waals surface area contributed by atoms with Crippen LogP contribution in [0, 0.1) is 6.92 Å². The second-order valence-electron chi connectivity index (χ2n) is 5.33. The van der Waals surface area contributed by atoms with Crippen molar-refractivity contribution in [3.63, 3.8) is 0 Å². The lowest BCUT2D eigenvalue weighted by Crippen LogP contribution is -2.17. The van der Waals surface area contributed by atoms with Gasteiger partial charge < -0.3 is 4.57 Å². The summed E-state index contributed by atoms with van der Waals surface area (Å²) in [7, 11) is 0. The van der Waals surface area contributed by atoms with Crippen molar-refractivity contribution in [2.24, 2.45) is 5.10 Å². The summed E-state index contributed by atoms with van der Waals surface area (Å²) in [4.78, 5) is 16.7. The number of nitrogens with one attached hydrogen (secondary N) is 1. The molecule has 122 valence electrons. The molecule has 0 aliphatic carbocycles. The molecule has 3 rings (SSSR count). The van der Waals surface area contributed by atoms with E-state index in [1.54, 1.807) is 18.2 Å². The smallest absolute Gasteiger partial charge is 0.271 e. The maximum absolute atomic E-state index is 12.2. The first-order chi connectivity index (χ1) is 11.6. The number of hydrogen-bond acceptors (Lipinski definition) is 3. The molecule has 1 N–H and O–H groups in total. The van der Waals surface area contributed by atoms with Crippen LogP contribution in [0.15, 0.2) is 47.6 Å². The zero-order valence-corrected chi connectivity index (χ0v) is 14.2. The van der Waals surface area contributed by atoms with Crippen molar-refractivity contribution in [3.05, 3.63) is 64.4 Å². The number of imidazole rings is 1. The van der Waals surface area contributed by atoms with Crippen molar-refractivity contribution in [3.8, 4) is 0 Å². The molecule has 1 aromatic heterocycles. The maximum Gasteiger partial charge on any atom is 0.271 e. The summed E-state index contributed by atoms with van der Waals surface area (Å²) in [5, 5.41) is 4.54. The van der Waals surface area contributed by atoms with Crippen LogP contribution in [0.4, 0.5) is 0 Å². The van der Waals surface area contributed by atoms with E-state index in [4.69, 9.17) is 11.6 Å². The molecule has 2 aromatic carbocycles. The molecule has 0 saturated heterocycles. The first-order valence-electron chi connectivity index (χ1n) is 7.65. The molecule has 0 aliphatic heterocycles. The van der Waals surface area contributed by atoms with Crippen molar-refractivity contribution in [1.29, 1.82) is 0 Å². The van der Waals surface area contributed by atoms with Gasteiger partial charge in [-0.2, -0.15) is 5.10 Å². The molecule has 0 spiro atoms. The summed E-state index contributed by atoms with van der Waals surface area (Å²) in [6.45, 7) is 4.87. The standard InChI is InChI=1S/C18H17ClN4O/c1-3-23-12(2)21-16-10-13(8-9-17(16)23)18(24)22-20-11-14-6-4-5-7-15(14)19/h4-11H,3H2,1-2H3,(H,22,24). The summed E-state index contributed by atoms with van der Waals surface area (Å²) in [6.07, 6.45) is 1.52. The Kier molecular flexibility index (Phi) is 4.62. The highest BCUT2D eigenvalue weighted by atomic mass is 35.5. The number of aryl methyl sites for hydroxylation is 2. The summed E-state index contributed by atoms with van der Waals surface area (Å²) in [6, 6.07) is 12.7. The molecule has 1 heterocycles. The van der Waals surface area contributed by atoms with Crippen molar-refractivity contribution >= 4 is 34.8 Å². The predicted octanol–water partition coefficient (Wildman–Crippen LogP) is 3.78. The fraction of sp³-hybridized carbons (Fsp3) is 0.167. The van der Waals surface area contributed by atoms with Crippen LogP contribution in [0.1, 0.15) is 28.7 Å². The van der Waals surface area contributed by atoms with Crippen LogP contribution in [-0.4, -0.2) is 21.7 Å². The number of fused-ring (bicyclic) bond motifs is 1. The van der Waals surface area contributed by atoms with Gasteiger partial charge in [0.15, 0.2) is 0 Å². The van der Waals surface area contributed by atoms with E-state index in [0.717, 1.165) is 29.0 Å². The fourth-order valence-corrected chi connectivity index (χ4v) is 2.78. The Hall–Kier alpha value is -2.66. The van der Waals surface area contributed by atoms with Gasteiger partial charge in [0.1, 0.15) is 5.82 Å². The molecule has 0 unspecified atom stereocenters. The lowest BCUT2D eigenvalue weighted by Gasteiger charge is -2.03. The Morgan fingerprint density at radius 3 is 2.88 bits per heavy atom. The molecule has 0 atom stereocenters. The minimum absolute atomic E-state index is 0.288. The summed E-state index contributed by atoms with van der Waals surface area (Å²) in [5.41, 5.74) is 5.59. The number of carbonyl (C=O) groups excluding carboxylic acids is 1. The first-order valence-corrected chi connectivity index (χ1v) is 8.02. The number of amides is 1. The summed E-state index contributed by atoms with van der Waals surface area (Å²) < 4.78 is 2.10. The van der Waals surface area contributed by atoms with Crippen molar-refractivity contribution < 1.29 is 4.79 Å². The van der Waals surface area contributed by atoms with Crippen LogP contribution in [0.3, 0.4) is 0 Å². The average molecular weight is 341 g/mol. The third-order valence-electron chi connectivity index (χ3n) is 3.79. The van der Waals surface area contributed by atoms with Gasteiger partial charge >= 0.3 is 0 Å². The van der Waals surface area contributed by atoms with Crippen molar-refractivity contribution in [2.45, 2.75) is 20.4 Å². The lowest BCUT2D eigenvalue weighted by atomic mass is 10.2. The highest BCUT2D eigenvalue weighted by Gasteiger charge is 2.10. The second kappa shape index (κ2) is 6.84. The number of rotatable bonds is 4. The number of hydrogen-bond donors (Lipinski definition) is 1. The third kappa shape index (κ3) is 3.16. The van der Waals surface area contributed by atoms with Gasteiger partial charge in [-0.1, -0.05) is 29.8 Å². The first kappa shape index (κ1) is 16.2. The molecule has 0 bridgehead atoms. The summed E-state index contributed by atoms with van der Waals surface area (Å²) >= 11 is 6.04. The largest absolute Gasteiger partial charge is 0.329 e. The molecule has 0 radical (unpaired) electrons. The molecule has 6 heteroatoms. The second-order valence-corrected chi connectivity index (χ2v) is 5.73. The lowest BCUT2D eigenvalue weighted by molar-refractivity contribution is 0.0955. The van der Waals surface area contributed by atoms with E-state index in [-0.39, 0.29) is 5.91 Å². The van der Waals surface area contributed by atoms with Crippen LogP contribution in [0.2, 0.25) is 5.02 Å². The van der Waals surface area contributed by atoms with Crippen LogP contribution in [-0.2, 0) is 6.54 Å². The Bertz CT molecular complexity index is 930. The molecule has 24 heavy (non-hydrogen) atoms. The van der Waals surface area contributed by atoms with Crippen LogP contribution >= 0.6 is 11.6 Å². The van der Waals surface area contributed by atoms with Gasteiger partial charge in [0.25, 0.3) is 5.91 Å². The topological polar surface area (TPSA) is 59.3 Å². The Balaban J connectivity index is 1.78. The normalized spacial score (nSPS) is 11.3. The Morgan fingerprint density at radius 1 is 1.33 bits per heavy atom. The van der Waals surface area contributed by atoms with Gasteiger partial charge in [-0.25, -0.2) is 10.4 Å². The van der Waals surface area contributed by atoms with E-state index in [0.29, 0.717) is 10.6 Å². The number of benzene rings is 2. The average Bonchev–Trinajstić information content (AvgIpc) is 2.90.